The standard InChI is InChI=1S/C25H27FN5O6S/c1-25(2,3)23(33)29-19-5-4-8-28-20(19)10-21-17-13-30(24(34)35)11-14(17)12-31(21)22(32)16-7-6-15(9-18(16)26)38(27,36)37/h4-10,21H,11-13H2,1-3H3,(H,29,33)(H,34,35)(H2,27,36,37). The summed E-state index contributed by atoms with van der Waals surface area (Å²) in [4.78, 5) is 44.2. The van der Waals surface area contributed by atoms with Gasteiger partial charge in [0.15, 0.2) is 0 Å². The number of nitrogens with two attached hydrogens (primary N) is 1. The summed E-state index contributed by atoms with van der Waals surface area (Å²) in [5.41, 5.74) is 1.04. The van der Waals surface area contributed by atoms with E-state index in [-0.39, 0.29) is 31.1 Å². The zero-order valence-electron chi connectivity index (χ0n) is 20.9. The van der Waals surface area contributed by atoms with Crippen LogP contribution in [-0.4, -0.2) is 71.9 Å². The molecule has 2 aliphatic heterocycles. The fourth-order valence-corrected chi connectivity index (χ4v) is 4.82. The van der Waals surface area contributed by atoms with Crippen molar-refractivity contribution in [3.63, 3.8) is 0 Å². The molecule has 3 heterocycles. The molecule has 0 saturated carbocycles. The number of rotatable bonds is 5. The molecule has 0 fully saturated rings. The molecule has 4 rings (SSSR count). The topological polar surface area (TPSA) is 163 Å². The maximum absolute atomic E-state index is 14.9. The Morgan fingerprint density at radius 1 is 1.18 bits per heavy atom. The molecule has 201 valence electrons. The van der Waals surface area contributed by atoms with Crippen LogP contribution in [0, 0.1) is 17.7 Å². The Morgan fingerprint density at radius 2 is 1.89 bits per heavy atom. The molecule has 3 amide bonds. The van der Waals surface area contributed by atoms with Gasteiger partial charge < -0.3 is 20.2 Å². The average Bonchev–Trinajstić information content (AvgIpc) is 3.38. The van der Waals surface area contributed by atoms with Crippen molar-refractivity contribution in [2.24, 2.45) is 10.6 Å². The summed E-state index contributed by atoms with van der Waals surface area (Å²) < 4.78 is 38.0. The van der Waals surface area contributed by atoms with Gasteiger partial charge >= 0.3 is 6.09 Å². The van der Waals surface area contributed by atoms with Crippen molar-refractivity contribution in [1.29, 1.82) is 0 Å². The Bertz CT molecular complexity index is 1470. The molecule has 13 heteroatoms. The number of sulfonamides is 1. The van der Waals surface area contributed by atoms with Gasteiger partial charge in [0.25, 0.3) is 5.91 Å². The first-order chi connectivity index (χ1) is 17.7. The maximum atomic E-state index is 14.9. The monoisotopic (exact) mass is 544 g/mol. The predicted octanol–water partition coefficient (Wildman–Crippen LogP) is 2.22. The molecule has 1 atom stereocenters. The van der Waals surface area contributed by atoms with Crippen LogP contribution in [0.4, 0.5) is 14.9 Å². The Kier molecular flexibility index (Phi) is 7.01. The van der Waals surface area contributed by atoms with Gasteiger partial charge in [0.2, 0.25) is 15.9 Å². The van der Waals surface area contributed by atoms with E-state index in [2.05, 4.69) is 10.3 Å². The summed E-state index contributed by atoms with van der Waals surface area (Å²) in [5, 5.41) is 17.4. The summed E-state index contributed by atoms with van der Waals surface area (Å²) in [6.07, 6.45) is 2.02. The number of aromatic nitrogens is 1. The number of nitrogens with zero attached hydrogens (tertiary/aromatic N) is 3. The minimum absolute atomic E-state index is 0.0337. The molecule has 0 spiro atoms. The highest BCUT2D eigenvalue weighted by Gasteiger charge is 2.42. The SMILES string of the molecule is CC(C)(C)C(=O)Nc1cccnc1[CH]C1C2=C(CN(C(=O)O)C2)CN1C(=O)c1ccc(S(N)(=O)=O)cc1F. The van der Waals surface area contributed by atoms with E-state index < -0.39 is 44.2 Å². The van der Waals surface area contributed by atoms with Gasteiger partial charge in [-0.05, 0) is 41.5 Å². The number of anilines is 1. The van der Waals surface area contributed by atoms with Crippen molar-refractivity contribution < 1.29 is 32.3 Å². The molecule has 0 aliphatic carbocycles. The fourth-order valence-electron chi connectivity index (χ4n) is 4.29. The second-order valence-electron chi connectivity index (χ2n) is 10.1. The highest BCUT2D eigenvalue weighted by molar-refractivity contribution is 7.89. The number of nitrogens with one attached hydrogen (secondary N) is 1. The molecule has 0 saturated heterocycles. The Morgan fingerprint density at radius 3 is 2.50 bits per heavy atom. The van der Waals surface area contributed by atoms with Crippen molar-refractivity contribution in [3.05, 3.63) is 71.2 Å². The number of primary sulfonamides is 1. The van der Waals surface area contributed by atoms with E-state index in [4.69, 9.17) is 5.14 Å². The summed E-state index contributed by atoms with van der Waals surface area (Å²) >= 11 is 0. The molecule has 1 unspecified atom stereocenters. The minimum atomic E-state index is -4.17. The predicted molar refractivity (Wildman–Crippen MR) is 135 cm³/mol. The van der Waals surface area contributed by atoms with Gasteiger partial charge in [0.1, 0.15) is 5.82 Å². The highest BCUT2D eigenvalue weighted by atomic mass is 32.2. The lowest BCUT2D eigenvalue weighted by atomic mass is 9.95. The third-order valence-electron chi connectivity index (χ3n) is 6.37. The van der Waals surface area contributed by atoms with E-state index in [0.29, 0.717) is 28.6 Å². The lowest BCUT2D eigenvalue weighted by molar-refractivity contribution is -0.123. The number of hydrogen-bond donors (Lipinski definition) is 3. The third-order valence-corrected chi connectivity index (χ3v) is 7.28. The number of halogens is 1. The molecule has 2 aromatic rings. The number of carboxylic acid groups (broad SMARTS) is 1. The van der Waals surface area contributed by atoms with E-state index in [1.165, 1.54) is 16.0 Å². The maximum Gasteiger partial charge on any atom is 0.407 e. The zero-order chi connectivity index (χ0) is 28.0. The first-order valence-corrected chi connectivity index (χ1v) is 13.1. The zero-order valence-corrected chi connectivity index (χ0v) is 21.8. The minimum Gasteiger partial charge on any atom is -0.465 e. The van der Waals surface area contributed by atoms with Crippen molar-refractivity contribution in [1.82, 2.24) is 14.8 Å². The van der Waals surface area contributed by atoms with Crippen LogP contribution in [-0.2, 0) is 14.8 Å². The second kappa shape index (κ2) is 9.80. The summed E-state index contributed by atoms with van der Waals surface area (Å²) in [5.74, 6) is -2.04. The van der Waals surface area contributed by atoms with Gasteiger partial charge in [0, 0.05) is 37.7 Å². The van der Waals surface area contributed by atoms with Crippen LogP contribution in [0.1, 0.15) is 36.8 Å². The summed E-state index contributed by atoms with van der Waals surface area (Å²) in [6, 6.07) is 5.29. The smallest absolute Gasteiger partial charge is 0.407 e. The van der Waals surface area contributed by atoms with Crippen LogP contribution < -0.4 is 10.5 Å². The number of hydrogen-bond acceptors (Lipinski definition) is 6. The molecule has 4 N–H and O–H groups in total. The number of benzene rings is 1. The van der Waals surface area contributed by atoms with Crippen LogP contribution in [0.25, 0.3) is 0 Å². The Hall–Kier alpha value is -3.84. The van der Waals surface area contributed by atoms with E-state index in [1.807, 2.05) is 0 Å². The van der Waals surface area contributed by atoms with Gasteiger partial charge in [0.05, 0.1) is 27.9 Å². The summed E-state index contributed by atoms with van der Waals surface area (Å²) in [7, 11) is -4.17. The van der Waals surface area contributed by atoms with E-state index in [9.17, 15) is 32.3 Å². The van der Waals surface area contributed by atoms with Gasteiger partial charge in [-0.3, -0.25) is 14.6 Å². The summed E-state index contributed by atoms with van der Waals surface area (Å²) in [6.45, 7) is 5.42. The number of amides is 3. The molecule has 1 aromatic heterocycles. The quantitative estimate of drug-likeness (QED) is 0.486. The first-order valence-electron chi connectivity index (χ1n) is 11.6. The normalized spacial score (nSPS) is 17.6. The van der Waals surface area contributed by atoms with Gasteiger partial charge in [-0.2, -0.15) is 0 Å². The lowest BCUT2D eigenvalue weighted by Crippen LogP contribution is -2.42. The number of pyridine rings is 1. The molecule has 0 bridgehead atoms. The van der Waals surface area contributed by atoms with E-state index in [0.717, 1.165) is 12.1 Å². The third kappa shape index (κ3) is 5.38. The fraction of sp³-hybridized carbons (Fsp3) is 0.320. The molecular formula is C25H27FN5O6S. The van der Waals surface area contributed by atoms with Crippen LogP contribution in [0.2, 0.25) is 0 Å². The molecular weight excluding hydrogens is 517 g/mol. The largest absolute Gasteiger partial charge is 0.465 e. The molecule has 1 radical (unpaired) electrons. The molecule has 1 aromatic carbocycles. The van der Waals surface area contributed by atoms with E-state index >= 15 is 0 Å². The molecule has 38 heavy (non-hydrogen) atoms. The van der Waals surface area contributed by atoms with E-state index in [1.54, 1.807) is 39.3 Å². The van der Waals surface area contributed by atoms with Crippen LogP contribution in [0.15, 0.2) is 52.6 Å². The van der Waals surface area contributed by atoms with Crippen LogP contribution in [0.3, 0.4) is 0 Å². The van der Waals surface area contributed by atoms with Crippen molar-refractivity contribution in [2.45, 2.75) is 31.7 Å². The van der Waals surface area contributed by atoms with Gasteiger partial charge in [-0.15, -0.1) is 0 Å². The molecule has 11 nitrogen and oxygen atoms in total. The van der Waals surface area contributed by atoms with Crippen LogP contribution >= 0.6 is 0 Å². The van der Waals surface area contributed by atoms with Gasteiger partial charge in [-0.1, -0.05) is 20.8 Å². The molecule has 2 aliphatic rings. The van der Waals surface area contributed by atoms with Crippen molar-refractivity contribution >= 4 is 33.6 Å². The second-order valence-corrected chi connectivity index (χ2v) is 11.7. The van der Waals surface area contributed by atoms with Crippen molar-refractivity contribution in [3.8, 4) is 0 Å². The van der Waals surface area contributed by atoms with Crippen molar-refractivity contribution in [2.75, 3.05) is 25.0 Å². The average molecular weight is 545 g/mol. The van der Waals surface area contributed by atoms with Gasteiger partial charge in [-0.25, -0.2) is 22.7 Å². The number of carbonyl (C=O) groups is 3. The highest BCUT2D eigenvalue weighted by Crippen LogP contribution is 2.36. The lowest BCUT2D eigenvalue weighted by Gasteiger charge is -2.30. The Labute approximate surface area is 219 Å². The first kappa shape index (κ1) is 27.2. The van der Waals surface area contributed by atoms with Crippen LogP contribution in [0.5, 0.6) is 0 Å². The Balaban J connectivity index is 1.68. The number of carbonyl (C=O) groups excluding carboxylic acids is 2.